The molecule has 0 spiro atoms. The van der Waals surface area contributed by atoms with Gasteiger partial charge in [0.2, 0.25) is 11.8 Å². The van der Waals surface area contributed by atoms with Gasteiger partial charge >= 0.3 is 0 Å². The van der Waals surface area contributed by atoms with Crippen molar-refractivity contribution in [1.29, 1.82) is 0 Å². The Morgan fingerprint density at radius 1 is 0.795 bits per heavy atom. The summed E-state index contributed by atoms with van der Waals surface area (Å²) in [6, 6.07) is 15.1. The summed E-state index contributed by atoms with van der Waals surface area (Å²) >= 11 is 0. The average molecular weight is 530 g/mol. The van der Waals surface area contributed by atoms with E-state index in [9.17, 15) is 19.2 Å². The number of hydrogen-bond donors (Lipinski definition) is 4. The van der Waals surface area contributed by atoms with Gasteiger partial charge in [0.15, 0.2) is 5.82 Å². The monoisotopic (exact) mass is 529 g/mol. The Kier molecular flexibility index (Phi) is 8.50. The molecule has 4 rings (SSSR count). The van der Waals surface area contributed by atoms with Crippen LogP contribution in [0.2, 0.25) is 0 Å². The van der Waals surface area contributed by atoms with Gasteiger partial charge in [-0.2, -0.15) is 0 Å². The molecule has 0 saturated carbocycles. The number of rotatable bonds is 11. The fraction of sp³-hybridized carbons (Fsp3) is 0.286. The number of amides is 4. The highest BCUT2D eigenvalue weighted by atomic mass is 16.2. The maximum absolute atomic E-state index is 12.8. The first-order valence-corrected chi connectivity index (χ1v) is 12.7. The topological polar surface area (TPSA) is 145 Å². The molecular formula is C28H31N7O4. The van der Waals surface area contributed by atoms with Gasteiger partial charge in [0.25, 0.3) is 11.8 Å². The summed E-state index contributed by atoms with van der Waals surface area (Å²) in [6.45, 7) is 6.38. The van der Waals surface area contributed by atoms with Crippen molar-refractivity contribution in [2.45, 2.75) is 26.8 Å². The molecule has 1 unspecified atom stereocenters. The van der Waals surface area contributed by atoms with Crippen LogP contribution in [0.4, 0.5) is 11.6 Å². The fourth-order valence-electron chi connectivity index (χ4n) is 4.19. The van der Waals surface area contributed by atoms with Crippen LogP contribution in [0.25, 0.3) is 11.4 Å². The third kappa shape index (κ3) is 6.20. The standard InChI is InChI=1S/C28H31N7O4/c1-17-23(30-14-13-29-19(3)36)33-25(20-9-5-4-6-10-20)34-24(17)31-15-16-32-26(37)18(2)35-27(38)21-11-7-8-12-22(21)28(35)39/h4-12,18H,13-16H2,1-3H3,(H,29,36)(H,32,37)(H2,30,31,33,34). The molecule has 0 saturated heterocycles. The number of benzene rings is 2. The Labute approximate surface area is 226 Å². The molecule has 0 bridgehead atoms. The maximum atomic E-state index is 12.8. The van der Waals surface area contributed by atoms with Crippen LogP contribution >= 0.6 is 0 Å². The van der Waals surface area contributed by atoms with E-state index in [-0.39, 0.29) is 12.5 Å². The molecule has 4 N–H and O–H groups in total. The summed E-state index contributed by atoms with van der Waals surface area (Å²) in [6.07, 6.45) is 0. The first kappa shape index (κ1) is 27.2. The van der Waals surface area contributed by atoms with Gasteiger partial charge in [-0.25, -0.2) is 9.97 Å². The van der Waals surface area contributed by atoms with Crippen LogP contribution in [0.15, 0.2) is 54.6 Å². The number of nitrogens with one attached hydrogen (secondary N) is 4. The number of nitrogens with zero attached hydrogens (tertiary/aromatic N) is 3. The summed E-state index contributed by atoms with van der Waals surface area (Å²) in [7, 11) is 0. The van der Waals surface area contributed by atoms with E-state index in [4.69, 9.17) is 0 Å². The second-order valence-corrected chi connectivity index (χ2v) is 9.06. The van der Waals surface area contributed by atoms with Gasteiger partial charge in [-0.1, -0.05) is 42.5 Å². The van der Waals surface area contributed by atoms with E-state index in [1.54, 1.807) is 24.3 Å². The molecular weight excluding hydrogens is 498 g/mol. The third-order valence-corrected chi connectivity index (χ3v) is 6.28. The minimum absolute atomic E-state index is 0.108. The number of imide groups is 1. The summed E-state index contributed by atoms with van der Waals surface area (Å²) < 4.78 is 0. The Morgan fingerprint density at radius 3 is 1.85 bits per heavy atom. The van der Waals surface area contributed by atoms with Crippen molar-refractivity contribution < 1.29 is 19.2 Å². The molecule has 39 heavy (non-hydrogen) atoms. The number of carbonyl (C=O) groups excluding carboxylic acids is 4. The van der Waals surface area contributed by atoms with Crippen molar-refractivity contribution >= 4 is 35.3 Å². The first-order chi connectivity index (χ1) is 18.8. The van der Waals surface area contributed by atoms with E-state index in [2.05, 4.69) is 31.2 Å². The Hall–Kier alpha value is -4.80. The highest BCUT2D eigenvalue weighted by Gasteiger charge is 2.40. The van der Waals surface area contributed by atoms with E-state index in [1.807, 2.05) is 37.3 Å². The molecule has 1 aliphatic heterocycles. The molecule has 0 radical (unpaired) electrons. The Balaban J connectivity index is 1.39. The SMILES string of the molecule is CC(=O)NCCNc1nc(-c2ccccc2)nc(NCCNC(=O)C(C)N2C(=O)c3ccccc3C2=O)c1C. The lowest BCUT2D eigenvalue weighted by atomic mass is 10.1. The van der Waals surface area contributed by atoms with Crippen molar-refractivity contribution in [3.8, 4) is 11.4 Å². The zero-order valence-electron chi connectivity index (χ0n) is 22.1. The molecule has 1 aliphatic rings. The maximum Gasteiger partial charge on any atom is 0.262 e. The number of hydrogen-bond acceptors (Lipinski definition) is 8. The Bertz CT molecular complexity index is 1360. The molecule has 0 aliphatic carbocycles. The van der Waals surface area contributed by atoms with Crippen molar-refractivity contribution in [2.24, 2.45) is 0 Å². The van der Waals surface area contributed by atoms with Gasteiger partial charge in [-0.3, -0.25) is 24.1 Å². The van der Waals surface area contributed by atoms with Crippen molar-refractivity contribution in [1.82, 2.24) is 25.5 Å². The molecule has 4 amide bonds. The van der Waals surface area contributed by atoms with Gasteiger partial charge in [0.1, 0.15) is 17.7 Å². The summed E-state index contributed by atoms with van der Waals surface area (Å²) in [5.41, 5.74) is 2.23. The fourth-order valence-corrected chi connectivity index (χ4v) is 4.19. The predicted molar refractivity (Wildman–Crippen MR) is 147 cm³/mol. The van der Waals surface area contributed by atoms with Crippen molar-refractivity contribution in [3.05, 3.63) is 71.3 Å². The van der Waals surface area contributed by atoms with Crippen LogP contribution < -0.4 is 21.3 Å². The molecule has 1 aromatic heterocycles. The van der Waals surface area contributed by atoms with E-state index in [0.717, 1.165) is 16.0 Å². The minimum Gasteiger partial charge on any atom is -0.368 e. The first-order valence-electron chi connectivity index (χ1n) is 12.7. The third-order valence-electron chi connectivity index (χ3n) is 6.28. The van der Waals surface area contributed by atoms with Gasteiger partial charge in [-0.15, -0.1) is 0 Å². The summed E-state index contributed by atoms with van der Waals surface area (Å²) in [5.74, 6) is 0.251. The quantitative estimate of drug-likeness (QED) is 0.219. The largest absolute Gasteiger partial charge is 0.368 e. The number of aromatic nitrogens is 2. The van der Waals surface area contributed by atoms with Crippen LogP contribution in [0.5, 0.6) is 0 Å². The predicted octanol–water partition coefficient (Wildman–Crippen LogP) is 2.21. The van der Waals surface area contributed by atoms with Crippen molar-refractivity contribution in [2.75, 3.05) is 36.8 Å². The van der Waals surface area contributed by atoms with Crippen LogP contribution in [-0.2, 0) is 9.59 Å². The smallest absolute Gasteiger partial charge is 0.262 e. The molecule has 2 aromatic carbocycles. The summed E-state index contributed by atoms with van der Waals surface area (Å²) in [5, 5.41) is 12.0. The Morgan fingerprint density at radius 2 is 1.31 bits per heavy atom. The van der Waals surface area contributed by atoms with E-state index >= 15 is 0 Å². The molecule has 2 heterocycles. The van der Waals surface area contributed by atoms with Crippen LogP contribution in [0, 0.1) is 6.92 Å². The lowest BCUT2D eigenvalue weighted by Crippen LogP contribution is -2.48. The van der Waals surface area contributed by atoms with E-state index < -0.39 is 23.8 Å². The zero-order chi connectivity index (χ0) is 27.9. The minimum atomic E-state index is -0.956. The van der Waals surface area contributed by atoms with E-state index in [1.165, 1.54) is 13.8 Å². The molecule has 1 atom stereocenters. The van der Waals surface area contributed by atoms with Crippen LogP contribution in [0.3, 0.4) is 0 Å². The average Bonchev–Trinajstić information content (AvgIpc) is 3.19. The highest BCUT2D eigenvalue weighted by Crippen LogP contribution is 2.26. The normalized spacial score (nSPS) is 13.1. The van der Waals surface area contributed by atoms with Gasteiger partial charge in [-0.05, 0) is 26.0 Å². The molecule has 11 heteroatoms. The summed E-state index contributed by atoms with van der Waals surface area (Å²) in [4.78, 5) is 59.7. The second kappa shape index (κ2) is 12.2. The number of anilines is 2. The lowest BCUT2D eigenvalue weighted by molar-refractivity contribution is -0.124. The molecule has 0 fully saturated rings. The lowest BCUT2D eigenvalue weighted by Gasteiger charge is -2.22. The van der Waals surface area contributed by atoms with Gasteiger partial charge in [0.05, 0.1) is 11.1 Å². The van der Waals surface area contributed by atoms with Gasteiger partial charge < -0.3 is 21.3 Å². The van der Waals surface area contributed by atoms with E-state index in [0.29, 0.717) is 48.2 Å². The van der Waals surface area contributed by atoms with Crippen LogP contribution in [-0.4, -0.2) is 70.7 Å². The number of fused-ring (bicyclic) bond motifs is 1. The highest BCUT2D eigenvalue weighted by molar-refractivity contribution is 6.22. The molecule has 3 aromatic rings. The van der Waals surface area contributed by atoms with Crippen LogP contribution in [0.1, 0.15) is 40.1 Å². The molecule has 202 valence electrons. The zero-order valence-corrected chi connectivity index (χ0v) is 22.1. The number of carbonyl (C=O) groups is 4. The van der Waals surface area contributed by atoms with Gasteiger partial charge in [0, 0.05) is 44.2 Å². The van der Waals surface area contributed by atoms with Crippen molar-refractivity contribution in [3.63, 3.8) is 0 Å². The molecule has 11 nitrogen and oxygen atoms in total. The second-order valence-electron chi connectivity index (χ2n) is 9.06.